The van der Waals surface area contributed by atoms with Gasteiger partial charge in [-0.25, -0.2) is 0 Å². The number of para-hydroxylation sites is 3. The van der Waals surface area contributed by atoms with E-state index < -0.39 is 0 Å². The van der Waals surface area contributed by atoms with E-state index >= 15 is 0 Å². The van der Waals surface area contributed by atoms with Crippen LogP contribution in [-0.2, 0) is 9.59 Å². The number of nitrogens with two attached hydrogens (primary N) is 1. The van der Waals surface area contributed by atoms with Crippen LogP contribution in [0, 0.1) is 0 Å². The topological polar surface area (TPSA) is 84.2 Å². The fourth-order valence-corrected chi connectivity index (χ4v) is 2.25. The molecule has 0 atom stereocenters. The third kappa shape index (κ3) is 6.91. The number of nitrogens with one attached hydrogen (secondary N) is 2. The molecule has 0 aromatic heterocycles. The SMILES string of the molecule is Nc1ccccc1NC(=O)CCC/C=C/CC(=O)Nc1ccccc1. The molecular formula is C20H23N3O2. The number of hydrogen-bond acceptors (Lipinski definition) is 3. The Morgan fingerprint density at radius 3 is 2.36 bits per heavy atom. The van der Waals surface area contributed by atoms with Crippen molar-refractivity contribution >= 4 is 28.9 Å². The van der Waals surface area contributed by atoms with Gasteiger partial charge in [0.1, 0.15) is 0 Å². The third-order valence-electron chi connectivity index (χ3n) is 3.54. The van der Waals surface area contributed by atoms with Crippen LogP contribution in [0.1, 0.15) is 25.7 Å². The van der Waals surface area contributed by atoms with Gasteiger partial charge in [0.15, 0.2) is 0 Å². The second-order valence-electron chi connectivity index (χ2n) is 5.62. The fourth-order valence-electron chi connectivity index (χ4n) is 2.25. The molecule has 25 heavy (non-hydrogen) atoms. The maximum Gasteiger partial charge on any atom is 0.228 e. The maximum absolute atomic E-state index is 11.9. The molecule has 5 nitrogen and oxygen atoms in total. The average molecular weight is 337 g/mol. The summed E-state index contributed by atoms with van der Waals surface area (Å²) in [5, 5.41) is 5.61. The van der Waals surface area contributed by atoms with Crippen molar-refractivity contribution in [2.24, 2.45) is 0 Å². The van der Waals surface area contributed by atoms with Gasteiger partial charge in [-0.15, -0.1) is 0 Å². The molecule has 0 saturated heterocycles. The van der Waals surface area contributed by atoms with Gasteiger partial charge in [0.25, 0.3) is 0 Å². The largest absolute Gasteiger partial charge is 0.397 e. The summed E-state index contributed by atoms with van der Waals surface area (Å²) in [4.78, 5) is 23.6. The van der Waals surface area contributed by atoms with Crippen molar-refractivity contribution in [2.75, 3.05) is 16.4 Å². The third-order valence-corrected chi connectivity index (χ3v) is 3.54. The highest BCUT2D eigenvalue weighted by molar-refractivity contribution is 5.93. The van der Waals surface area contributed by atoms with Crippen LogP contribution in [0.15, 0.2) is 66.7 Å². The number of benzene rings is 2. The van der Waals surface area contributed by atoms with Crippen LogP contribution in [0.2, 0.25) is 0 Å². The standard InChI is InChI=1S/C20H23N3O2/c21-17-12-8-9-13-18(17)23-20(25)15-7-2-1-6-14-19(24)22-16-10-4-3-5-11-16/h1,3-6,8-13H,2,7,14-15,21H2,(H,22,24)(H,23,25)/b6-1+. The van der Waals surface area contributed by atoms with Gasteiger partial charge in [0, 0.05) is 18.5 Å². The Labute approximate surface area is 147 Å². The number of allylic oxidation sites excluding steroid dienone is 1. The van der Waals surface area contributed by atoms with Gasteiger partial charge in [0.2, 0.25) is 11.8 Å². The fraction of sp³-hybridized carbons (Fsp3) is 0.200. The molecular weight excluding hydrogens is 314 g/mol. The molecule has 0 heterocycles. The molecule has 0 aliphatic carbocycles. The molecule has 4 N–H and O–H groups in total. The molecule has 0 spiro atoms. The van der Waals surface area contributed by atoms with E-state index in [1.54, 1.807) is 12.1 Å². The normalized spacial score (nSPS) is 10.6. The van der Waals surface area contributed by atoms with Gasteiger partial charge in [-0.3, -0.25) is 9.59 Å². The van der Waals surface area contributed by atoms with Crippen LogP contribution in [0.5, 0.6) is 0 Å². The van der Waals surface area contributed by atoms with Crippen molar-refractivity contribution in [3.63, 3.8) is 0 Å². The summed E-state index contributed by atoms with van der Waals surface area (Å²) in [5.74, 6) is -0.118. The Balaban J connectivity index is 1.60. The van der Waals surface area contributed by atoms with E-state index in [4.69, 9.17) is 5.73 Å². The summed E-state index contributed by atoms with van der Waals surface area (Å²) in [7, 11) is 0. The molecule has 0 aliphatic heterocycles. The van der Waals surface area contributed by atoms with Crippen LogP contribution >= 0.6 is 0 Å². The summed E-state index contributed by atoms with van der Waals surface area (Å²) in [6.45, 7) is 0. The average Bonchev–Trinajstić information content (AvgIpc) is 2.61. The van der Waals surface area contributed by atoms with E-state index in [1.165, 1.54) is 0 Å². The molecule has 2 rings (SSSR count). The summed E-state index contributed by atoms with van der Waals surface area (Å²) >= 11 is 0. The Hall–Kier alpha value is -3.08. The maximum atomic E-state index is 11.9. The Bertz CT molecular complexity index is 727. The first-order valence-electron chi connectivity index (χ1n) is 8.29. The molecule has 0 saturated carbocycles. The van der Waals surface area contributed by atoms with E-state index in [1.807, 2.05) is 54.6 Å². The van der Waals surface area contributed by atoms with Crippen LogP contribution in [-0.4, -0.2) is 11.8 Å². The number of hydrogen-bond donors (Lipinski definition) is 3. The van der Waals surface area contributed by atoms with Gasteiger partial charge in [-0.1, -0.05) is 42.5 Å². The Morgan fingerprint density at radius 1 is 0.880 bits per heavy atom. The van der Waals surface area contributed by atoms with Gasteiger partial charge in [-0.05, 0) is 37.1 Å². The minimum Gasteiger partial charge on any atom is -0.397 e. The van der Waals surface area contributed by atoms with E-state index in [9.17, 15) is 9.59 Å². The van der Waals surface area contributed by atoms with Crippen molar-refractivity contribution in [1.29, 1.82) is 0 Å². The zero-order chi connectivity index (χ0) is 17.9. The monoisotopic (exact) mass is 337 g/mol. The number of carbonyl (C=O) groups is 2. The number of carbonyl (C=O) groups excluding carboxylic acids is 2. The van der Waals surface area contributed by atoms with Crippen LogP contribution in [0.4, 0.5) is 17.1 Å². The molecule has 2 aromatic carbocycles. The minimum absolute atomic E-state index is 0.0558. The summed E-state index contributed by atoms with van der Waals surface area (Å²) < 4.78 is 0. The van der Waals surface area contributed by atoms with Gasteiger partial charge in [-0.2, -0.15) is 0 Å². The van der Waals surface area contributed by atoms with Crippen molar-refractivity contribution in [3.05, 3.63) is 66.7 Å². The molecule has 0 unspecified atom stereocenters. The highest BCUT2D eigenvalue weighted by atomic mass is 16.2. The molecule has 130 valence electrons. The van der Waals surface area contributed by atoms with Gasteiger partial charge >= 0.3 is 0 Å². The molecule has 2 amide bonds. The van der Waals surface area contributed by atoms with Gasteiger partial charge < -0.3 is 16.4 Å². The predicted molar refractivity (Wildman–Crippen MR) is 102 cm³/mol. The zero-order valence-electron chi connectivity index (χ0n) is 14.1. The Kier molecular flexibility index (Phi) is 7.25. The van der Waals surface area contributed by atoms with Crippen molar-refractivity contribution in [2.45, 2.75) is 25.7 Å². The predicted octanol–water partition coefficient (Wildman–Crippen LogP) is 3.96. The summed E-state index contributed by atoms with van der Waals surface area (Å²) in [6.07, 6.45) is 5.95. The van der Waals surface area contributed by atoms with Gasteiger partial charge in [0.05, 0.1) is 11.4 Å². The second-order valence-corrected chi connectivity index (χ2v) is 5.62. The Morgan fingerprint density at radius 2 is 1.60 bits per heavy atom. The van der Waals surface area contributed by atoms with Crippen molar-refractivity contribution < 1.29 is 9.59 Å². The van der Waals surface area contributed by atoms with Crippen LogP contribution < -0.4 is 16.4 Å². The number of rotatable bonds is 8. The van der Waals surface area contributed by atoms with Crippen molar-refractivity contribution in [1.82, 2.24) is 0 Å². The lowest BCUT2D eigenvalue weighted by atomic mass is 10.2. The highest BCUT2D eigenvalue weighted by Gasteiger charge is 2.04. The molecule has 2 aromatic rings. The first-order valence-corrected chi connectivity index (χ1v) is 8.29. The second kappa shape index (κ2) is 9.93. The number of anilines is 3. The zero-order valence-corrected chi connectivity index (χ0v) is 14.1. The molecule has 5 heteroatoms. The first kappa shape index (κ1) is 18.3. The molecule has 0 bridgehead atoms. The quantitative estimate of drug-likeness (QED) is 0.387. The van der Waals surface area contributed by atoms with E-state index in [2.05, 4.69) is 10.6 Å². The number of nitrogen functional groups attached to an aromatic ring is 1. The summed E-state index contributed by atoms with van der Waals surface area (Å²) in [6, 6.07) is 16.5. The lowest BCUT2D eigenvalue weighted by molar-refractivity contribution is -0.116. The van der Waals surface area contributed by atoms with Crippen molar-refractivity contribution in [3.8, 4) is 0 Å². The number of amides is 2. The van der Waals surface area contributed by atoms with E-state index in [0.29, 0.717) is 24.2 Å². The molecule has 0 radical (unpaired) electrons. The first-order chi connectivity index (χ1) is 12.1. The lowest BCUT2D eigenvalue weighted by Gasteiger charge is -2.07. The molecule has 0 fully saturated rings. The minimum atomic E-state index is -0.0619. The summed E-state index contributed by atoms with van der Waals surface area (Å²) in [5.41, 5.74) is 7.77. The van der Waals surface area contributed by atoms with Crippen LogP contribution in [0.25, 0.3) is 0 Å². The molecule has 0 aliphatic rings. The smallest absolute Gasteiger partial charge is 0.228 e. The highest BCUT2D eigenvalue weighted by Crippen LogP contribution is 2.17. The lowest BCUT2D eigenvalue weighted by Crippen LogP contribution is -2.12. The van der Waals surface area contributed by atoms with E-state index in [-0.39, 0.29) is 11.8 Å². The van der Waals surface area contributed by atoms with E-state index in [0.717, 1.165) is 18.5 Å². The van der Waals surface area contributed by atoms with Crippen LogP contribution in [0.3, 0.4) is 0 Å². The number of unbranched alkanes of at least 4 members (excludes halogenated alkanes) is 1.